The zero-order chi connectivity index (χ0) is 15.1. The molecule has 110 valence electrons. The molecule has 1 amide bonds. The summed E-state index contributed by atoms with van der Waals surface area (Å²) in [5, 5.41) is 12.1. The van der Waals surface area contributed by atoms with E-state index >= 15 is 0 Å². The van der Waals surface area contributed by atoms with Crippen molar-refractivity contribution in [1.82, 2.24) is 9.88 Å². The van der Waals surface area contributed by atoms with Gasteiger partial charge in [0.25, 0.3) is 0 Å². The van der Waals surface area contributed by atoms with Gasteiger partial charge in [0.05, 0.1) is 5.56 Å². The second-order valence-electron chi connectivity index (χ2n) is 4.75. The van der Waals surface area contributed by atoms with Crippen molar-refractivity contribution < 1.29 is 14.7 Å². The first kappa shape index (κ1) is 15.9. The molecule has 0 spiro atoms. The minimum Gasteiger partial charge on any atom is -0.478 e. The molecule has 2 N–H and O–H groups in total. The standard InChI is InChI=1S/C14H21N3O3/c1-4-5-11-8-10(14(19)20)9-12(16-11)15-7-6-13(18)17(2)3/h8-9H,4-7H2,1-3H3,(H,15,16)(H,19,20). The third kappa shape index (κ3) is 4.87. The Bertz CT molecular complexity index is 487. The van der Waals surface area contributed by atoms with Crippen LogP contribution in [0.1, 0.15) is 35.8 Å². The molecule has 6 heteroatoms. The van der Waals surface area contributed by atoms with Crippen molar-refractivity contribution in [1.29, 1.82) is 0 Å². The predicted molar refractivity (Wildman–Crippen MR) is 77.0 cm³/mol. The Hall–Kier alpha value is -2.11. The van der Waals surface area contributed by atoms with E-state index in [4.69, 9.17) is 5.11 Å². The first-order chi connectivity index (χ1) is 9.43. The van der Waals surface area contributed by atoms with E-state index in [-0.39, 0.29) is 11.5 Å². The van der Waals surface area contributed by atoms with Crippen molar-refractivity contribution in [3.63, 3.8) is 0 Å². The average Bonchev–Trinajstić information content (AvgIpc) is 2.38. The van der Waals surface area contributed by atoms with Gasteiger partial charge in [-0.1, -0.05) is 13.3 Å². The van der Waals surface area contributed by atoms with Gasteiger partial charge in [0.2, 0.25) is 5.91 Å². The van der Waals surface area contributed by atoms with Gasteiger partial charge in [-0.05, 0) is 18.6 Å². The van der Waals surface area contributed by atoms with Crippen molar-refractivity contribution >= 4 is 17.7 Å². The summed E-state index contributed by atoms with van der Waals surface area (Å²) in [6, 6.07) is 3.07. The zero-order valence-corrected chi connectivity index (χ0v) is 12.1. The Morgan fingerprint density at radius 3 is 2.60 bits per heavy atom. The molecule has 0 aliphatic rings. The van der Waals surface area contributed by atoms with Crippen molar-refractivity contribution in [3.8, 4) is 0 Å². The molecule has 0 aliphatic carbocycles. The first-order valence-electron chi connectivity index (χ1n) is 6.62. The highest BCUT2D eigenvalue weighted by molar-refractivity contribution is 5.88. The van der Waals surface area contributed by atoms with E-state index in [9.17, 15) is 9.59 Å². The summed E-state index contributed by atoms with van der Waals surface area (Å²) in [7, 11) is 3.40. The van der Waals surface area contributed by atoms with Crippen LogP contribution >= 0.6 is 0 Å². The van der Waals surface area contributed by atoms with Gasteiger partial charge >= 0.3 is 5.97 Å². The summed E-state index contributed by atoms with van der Waals surface area (Å²) >= 11 is 0. The molecule has 0 unspecified atom stereocenters. The highest BCUT2D eigenvalue weighted by Crippen LogP contribution is 2.12. The van der Waals surface area contributed by atoms with E-state index < -0.39 is 5.97 Å². The van der Waals surface area contributed by atoms with Gasteiger partial charge in [-0.3, -0.25) is 4.79 Å². The topological polar surface area (TPSA) is 82.5 Å². The molecular weight excluding hydrogens is 258 g/mol. The summed E-state index contributed by atoms with van der Waals surface area (Å²) in [5.41, 5.74) is 0.957. The first-order valence-corrected chi connectivity index (χ1v) is 6.62. The summed E-state index contributed by atoms with van der Waals surface area (Å²) in [5.74, 6) is -0.460. The molecule has 0 saturated carbocycles. The lowest BCUT2D eigenvalue weighted by molar-refractivity contribution is -0.128. The Morgan fingerprint density at radius 2 is 2.05 bits per heavy atom. The van der Waals surface area contributed by atoms with Gasteiger partial charge in [0.1, 0.15) is 5.82 Å². The molecule has 0 atom stereocenters. The van der Waals surface area contributed by atoms with Crippen LogP contribution in [-0.4, -0.2) is 47.5 Å². The number of hydrogen-bond acceptors (Lipinski definition) is 4. The Kier molecular flexibility index (Phi) is 5.96. The van der Waals surface area contributed by atoms with E-state index in [1.54, 1.807) is 20.2 Å². The zero-order valence-electron chi connectivity index (χ0n) is 12.1. The van der Waals surface area contributed by atoms with Crippen LogP contribution in [0.3, 0.4) is 0 Å². The molecule has 0 radical (unpaired) electrons. The molecule has 1 aromatic rings. The second-order valence-corrected chi connectivity index (χ2v) is 4.75. The monoisotopic (exact) mass is 279 g/mol. The van der Waals surface area contributed by atoms with Crippen LogP contribution < -0.4 is 5.32 Å². The maximum Gasteiger partial charge on any atom is 0.335 e. The van der Waals surface area contributed by atoms with Gasteiger partial charge in [-0.2, -0.15) is 0 Å². The number of aromatic carboxylic acids is 1. The third-order valence-corrected chi connectivity index (χ3v) is 2.78. The number of aryl methyl sites for hydroxylation is 1. The fourth-order valence-corrected chi connectivity index (χ4v) is 1.71. The maximum absolute atomic E-state index is 11.4. The molecule has 20 heavy (non-hydrogen) atoms. The molecule has 0 aromatic carbocycles. The Morgan fingerprint density at radius 1 is 1.35 bits per heavy atom. The number of carbonyl (C=O) groups excluding carboxylic acids is 1. The fraction of sp³-hybridized carbons (Fsp3) is 0.500. The number of carboxylic acids is 1. The molecule has 1 aromatic heterocycles. The van der Waals surface area contributed by atoms with Crippen molar-refractivity contribution in [2.75, 3.05) is 26.0 Å². The number of carbonyl (C=O) groups is 2. The smallest absolute Gasteiger partial charge is 0.335 e. The molecule has 0 bridgehead atoms. The molecule has 0 aliphatic heterocycles. The summed E-state index contributed by atoms with van der Waals surface area (Å²) < 4.78 is 0. The van der Waals surface area contributed by atoms with Gasteiger partial charge in [0.15, 0.2) is 0 Å². The minimum atomic E-state index is -0.975. The highest BCUT2D eigenvalue weighted by atomic mass is 16.4. The summed E-state index contributed by atoms with van der Waals surface area (Å²) in [4.78, 5) is 28.4. The number of hydrogen-bond donors (Lipinski definition) is 2. The van der Waals surface area contributed by atoms with E-state index in [0.29, 0.717) is 18.8 Å². The van der Waals surface area contributed by atoms with Crippen LogP contribution in [-0.2, 0) is 11.2 Å². The number of rotatable bonds is 7. The van der Waals surface area contributed by atoms with Crippen LogP contribution in [0, 0.1) is 0 Å². The van der Waals surface area contributed by atoms with Gasteiger partial charge in [0, 0.05) is 32.8 Å². The minimum absolute atomic E-state index is 0.0145. The number of carboxylic acid groups (broad SMARTS) is 1. The number of nitrogens with one attached hydrogen (secondary N) is 1. The molecular formula is C14H21N3O3. The van der Waals surface area contributed by atoms with Crippen LogP contribution in [0.15, 0.2) is 12.1 Å². The lowest BCUT2D eigenvalue weighted by Crippen LogP contribution is -2.24. The highest BCUT2D eigenvalue weighted by Gasteiger charge is 2.09. The van der Waals surface area contributed by atoms with E-state index in [2.05, 4.69) is 10.3 Å². The van der Waals surface area contributed by atoms with Crippen LogP contribution in [0.2, 0.25) is 0 Å². The molecule has 1 rings (SSSR count). The van der Waals surface area contributed by atoms with Gasteiger partial charge in [-0.15, -0.1) is 0 Å². The normalized spacial score (nSPS) is 10.2. The van der Waals surface area contributed by atoms with Crippen molar-refractivity contribution in [2.24, 2.45) is 0 Å². The predicted octanol–water partition coefficient (Wildman–Crippen LogP) is 1.62. The number of nitrogens with zero attached hydrogens (tertiary/aromatic N) is 2. The van der Waals surface area contributed by atoms with Crippen LogP contribution in [0.25, 0.3) is 0 Å². The van der Waals surface area contributed by atoms with E-state index in [0.717, 1.165) is 18.5 Å². The van der Waals surface area contributed by atoms with Gasteiger partial charge in [-0.25, -0.2) is 9.78 Å². The van der Waals surface area contributed by atoms with Crippen LogP contribution in [0.5, 0.6) is 0 Å². The van der Waals surface area contributed by atoms with Crippen molar-refractivity contribution in [3.05, 3.63) is 23.4 Å². The third-order valence-electron chi connectivity index (χ3n) is 2.78. The molecule has 1 heterocycles. The lowest BCUT2D eigenvalue weighted by Gasteiger charge is -2.12. The Balaban J connectivity index is 2.73. The molecule has 6 nitrogen and oxygen atoms in total. The maximum atomic E-state index is 11.4. The quantitative estimate of drug-likeness (QED) is 0.792. The van der Waals surface area contributed by atoms with Gasteiger partial charge < -0.3 is 15.3 Å². The number of aromatic nitrogens is 1. The molecule has 0 saturated heterocycles. The lowest BCUT2D eigenvalue weighted by atomic mass is 10.1. The van der Waals surface area contributed by atoms with Crippen molar-refractivity contribution in [2.45, 2.75) is 26.2 Å². The summed E-state index contributed by atoms with van der Waals surface area (Å²) in [6.07, 6.45) is 1.97. The summed E-state index contributed by atoms with van der Waals surface area (Å²) in [6.45, 7) is 2.44. The molecule has 0 fully saturated rings. The largest absolute Gasteiger partial charge is 0.478 e. The number of amides is 1. The number of pyridine rings is 1. The second kappa shape index (κ2) is 7.47. The number of anilines is 1. The Labute approximate surface area is 118 Å². The van der Waals surface area contributed by atoms with E-state index in [1.165, 1.54) is 11.0 Å². The SMILES string of the molecule is CCCc1cc(C(=O)O)cc(NCCC(=O)N(C)C)n1. The fourth-order valence-electron chi connectivity index (χ4n) is 1.71. The van der Waals surface area contributed by atoms with Crippen LogP contribution in [0.4, 0.5) is 5.82 Å². The average molecular weight is 279 g/mol. The van der Waals surface area contributed by atoms with E-state index in [1.807, 2.05) is 6.92 Å².